The number of nitrogens with zero attached hydrogens (tertiary/aromatic N) is 2. The zero-order valence-corrected chi connectivity index (χ0v) is 18.3. The van der Waals surface area contributed by atoms with Crippen LogP contribution in [0, 0.1) is 5.92 Å². The van der Waals surface area contributed by atoms with Gasteiger partial charge in [-0.25, -0.2) is 4.98 Å². The van der Waals surface area contributed by atoms with E-state index in [1.165, 1.54) is 0 Å². The van der Waals surface area contributed by atoms with E-state index in [1.807, 2.05) is 11.0 Å². The van der Waals surface area contributed by atoms with Crippen LogP contribution in [0.4, 0.5) is 11.5 Å². The zero-order chi connectivity index (χ0) is 20.8. The van der Waals surface area contributed by atoms with E-state index in [0.29, 0.717) is 48.2 Å². The molecule has 0 spiro atoms. The fourth-order valence-electron chi connectivity index (χ4n) is 3.18. The molecule has 0 unspecified atom stereocenters. The number of aromatic nitrogens is 1. The molecule has 2 aromatic rings. The Hall–Kier alpha value is -2.16. The molecule has 2 amide bonds. The summed E-state index contributed by atoms with van der Waals surface area (Å²) in [6.45, 7) is 1.64. The SMILES string of the molecule is COc1ccc(NC(=O)CN2CCC(C(=O)Nc3ccc(Br)cn3)CC2)cc1Cl. The molecule has 2 N–H and O–H groups in total. The Morgan fingerprint density at radius 2 is 2.00 bits per heavy atom. The largest absolute Gasteiger partial charge is 0.495 e. The van der Waals surface area contributed by atoms with Gasteiger partial charge in [-0.05, 0) is 72.2 Å². The van der Waals surface area contributed by atoms with E-state index in [2.05, 4.69) is 31.5 Å². The van der Waals surface area contributed by atoms with Crippen LogP contribution in [0.1, 0.15) is 12.8 Å². The van der Waals surface area contributed by atoms with Gasteiger partial charge >= 0.3 is 0 Å². The minimum Gasteiger partial charge on any atom is -0.495 e. The number of methoxy groups -OCH3 is 1. The van der Waals surface area contributed by atoms with Crippen molar-refractivity contribution in [3.63, 3.8) is 0 Å². The molecule has 1 aliphatic rings. The highest BCUT2D eigenvalue weighted by Crippen LogP contribution is 2.27. The number of nitrogens with one attached hydrogen (secondary N) is 2. The Kier molecular flexibility index (Phi) is 7.46. The minimum atomic E-state index is -0.117. The first kappa shape index (κ1) is 21.5. The molecule has 0 bridgehead atoms. The summed E-state index contributed by atoms with van der Waals surface area (Å²) < 4.78 is 5.97. The second kappa shape index (κ2) is 10.0. The summed E-state index contributed by atoms with van der Waals surface area (Å²) in [6, 6.07) is 8.70. The van der Waals surface area contributed by atoms with Gasteiger partial charge in [0.2, 0.25) is 11.8 Å². The summed E-state index contributed by atoms with van der Waals surface area (Å²) >= 11 is 9.40. The first-order valence-corrected chi connectivity index (χ1v) is 10.4. The van der Waals surface area contributed by atoms with Crippen molar-refractivity contribution in [2.75, 3.05) is 37.4 Å². The second-order valence-electron chi connectivity index (χ2n) is 6.80. The summed E-state index contributed by atoms with van der Waals surface area (Å²) in [5.41, 5.74) is 0.622. The first-order chi connectivity index (χ1) is 13.9. The van der Waals surface area contributed by atoms with Gasteiger partial charge in [0.25, 0.3) is 0 Å². The summed E-state index contributed by atoms with van der Waals surface area (Å²) in [5.74, 6) is 0.867. The second-order valence-corrected chi connectivity index (χ2v) is 8.12. The van der Waals surface area contributed by atoms with E-state index in [4.69, 9.17) is 16.3 Å². The van der Waals surface area contributed by atoms with Crippen LogP contribution in [0.3, 0.4) is 0 Å². The lowest BCUT2D eigenvalue weighted by atomic mass is 9.96. The highest BCUT2D eigenvalue weighted by molar-refractivity contribution is 9.10. The Balaban J connectivity index is 1.44. The summed E-state index contributed by atoms with van der Waals surface area (Å²) in [5, 5.41) is 6.13. The molecule has 2 heterocycles. The van der Waals surface area contributed by atoms with Crippen molar-refractivity contribution in [3.05, 3.63) is 46.0 Å². The van der Waals surface area contributed by atoms with Gasteiger partial charge in [0.15, 0.2) is 0 Å². The van der Waals surface area contributed by atoms with Gasteiger partial charge in [-0.3, -0.25) is 14.5 Å². The van der Waals surface area contributed by atoms with Crippen molar-refractivity contribution < 1.29 is 14.3 Å². The number of carbonyl (C=O) groups is 2. The average Bonchev–Trinajstić information content (AvgIpc) is 2.70. The number of carbonyl (C=O) groups excluding carboxylic acids is 2. The Morgan fingerprint density at radius 3 is 2.62 bits per heavy atom. The van der Waals surface area contributed by atoms with E-state index in [0.717, 1.165) is 4.47 Å². The molecule has 1 aliphatic heterocycles. The summed E-state index contributed by atoms with van der Waals surface area (Å²) in [6.07, 6.45) is 3.04. The molecule has 0 radical (unpaired) electrons. The van der Waals surface area contributed by atoms with Crippen molar-refractivity contribution in [2.24, 2.45) is 5.92 Å². The molecule has 1 aromatic heterocycles. The predicted molar refractivity (Wildman–Crippen MR) is 116 cm³/mol. The molecule has 3 rings (SSSR count). The zero-order valence-electron chi connectivity index (χ0n) is 16.0. The third kappa shape index (κ3) is 6.16. The lowest BCUT2D eigenvalue weighted by Gasteiger charge is -2.30. The molecule has 29 heavy (non-hydrogen) atoms. The van der Waals surface area contributed by atoms with E-state index in [1.54, 1.807) is 37.6 Å². The maximum Gasteiger partial charge on any atom is 0.238 e. The van der Waals surface area contributed by atoms with E-state index in [-0.39, 0.29) is 24.3 Å². The highest BCUT2D eigenvalue weighted by atomic mass is 79.9. The number of likely N-dealkylation sites (tertiary alicyclic amines) is 1. The lowest BCUT2D eigenvalue weighted by molar-refractivity contribution is -0.121. The monoisotopic (exact) mass is 480 g/mol. The number of anilines is 2. The van der Waals surface area contributed by atoms with Gasteiger partial charge in [0.05, 0.1) is 18.7 Å². The highest BCUT2D eigenvalue weighted by Gasteiger charge is 2.26. The van der Waals surface area contributed by atoms with Gasteiger partial charge < -0.3 is 15.4 Å². The standard InChI is InChI=1S/C20H22BrClN4O3/c1-29-17-4-3-15(10-16(17)22)24-19(27)12-26-8-6-13(7-9-26)20(28)25-18-5-2-14(21)11-23-18/h2-5,10-11,13H,6-9,12H2,1H3,(H,24,27)(H,23,25,28). The molecule has 7 nitrogen and oxygen atoms in total. The van der Waals surface area contributed by atoms with Gasteiger partial charge in [0, 0.05) is 22.3 Å². The number of pyridine rings is 1. The topological polar surface area (TPSA) is 83.6 Å². The Bertz CT molecular complexity index is 871. The number of hydrogen-bond donors (Lipinski definition) is 2. The van der Waals surface area contributed by atoms with Crippen molar-refractivity contribution in [1.82, 2.24) is 9.88 Å². The Morgan fingerprint density at radius 1 is 1.24 bits per heavy atom. The minimum absolute atomic E-state index is 0.0307. The molecule has 1 aromatic carbocycles. The van der Waals surface area contributed by atoms with Crippen LogP contribution in [-0.4, -0.2) is 48.4 Å². The number of hydrogen-bond acceptors (Lipinski definition) is 5. The third-order valence-electron chi connectivity index (χ3n) is 4.74. The number of benzene rings is 1. The molecule has 0 aliphatic carbocycles. The van der Waals surface area contributed by atoms with Crippen molar-refractivity contribution in [2.45, 2.75) is 12.8 Å². The fraction of sp³-hybridized carbons (Fsp3) is 0.350. The smallest absolute Gasteiger partial charge is 0.238 e. The van der Waals surface area contributed by atoms with Crippen molar-refractivity contribution in [1.29, 1.82) is 0 Å². The number of rotatable bonds is 6. The third-order valence-corrected chi connectivity index (χ3v) is 5.50. The maximum absolute atomic E-state index is 12.4. The van der Waals surface area contributed by atoms with Crippen LogP contribution < -0.4 is 15.4 Å². The van der Waals surface area contributed by atoms with Crippen LogP contribution >= 0.6 is 27.5 Å². The Labute approximate surface area is 182 Å². The molecule has 9 heteroatoms. The van der Waals surface area contributed by atoms with Crippen LogP contribution in [0.25, 0.3) is 0 Å². The summed E-state index contributed by atoms with van der Waals surface area (Å²) in [4.78, 5) is 30.9. The molecular weight excluding hydrogens is 460 g/mol. The fourth-order valence-corrected chi connectivity index (χ4v) is 3.67. The van der Waals surface area contributed by atoms with Gasteiger partial charge in [0.1, 0.15) is 11.6 Å². The molecule has 1 fully saturated rings. The van der Waals surface area contributed by atoms with Crippen LogP contribution in [-0.2, 0) is 9.59 Å². The number of halogens is 2. The van der Waals surface area contributed by atoms with E-state index >= 15 is 0 Å². The normalized spacial score (nSPS) is 15.0. The maximum atomic E-state index is 12.4. The van der Waals surface area contributed by atoms with Gasteiger partial charge in [-0.15, -0.1) is 0 Å². The average molecular weight is 482 g/mol. The van der Waals surface area contributed by atoms with Crippen LogP contribution in [0.15, 0.2) is 41.0 Å². The van der Waals surface area contributed by atoms with Crippen LogP contribution in [0.5, 0.6) is 5.75 Å². The number of amides is 2. The number of ether oxygens (including phenoxy) is 1. The van der Waals surface area contributed by atoms with Crippen molar-refractivity contribution >= 4 is 50.9 Å². The van der Waals surface area contributed by atoms with Crippen LogP contribution in [0.2, 0.25) is 5.02 Å². The predicted octanol–water partition coefficient (Wildman–Crippen LogP) is 3.80. The number of piperidine rings is 1. The van der Waals surface area contributed by atoms with Crippen molar-refractivity contribution in [3.8, 4) is 5.75 Å². The van der Waals surface area contributed by atoms with Gasteiger partial charge in [-0.1, -0.05) is 11.6 Å². The molecule has 154 valence electrons. The van der Waals surface area contributed by atoms with E-state index < -0.39 is 0 Å². The summed E-state index contributed by atoms with van der Waals surface area (Å²) in [7, 11) is 1.54. The molecular formula is C20H22BrClN4O3. The lowest BCUT2D eigenvalue weighted by Crippen LogP contribution is -2.41. The molecule has 0 saturated carbocycles. The molecule has 1 saturated heterocycles. The van der Waals surface area contributed by atoms with Gasteiger partial charge in [-0.2, -0.15) is 0 Å². The van der Waals surface area contributed by atoms with E-state index in [9.17, 15) is 9.59 Å². The molecule has 0 atom stereocenters. The quantitative estimate of drug-likeness (QED) is 0.656. The first-order valence-electron chi connectivity index (χ1n) is 9.23.